The van der Waals surface area contributed by atoms with Crippen LogP contribution in [0.1, 0.15) is 31.2 Å². The van der Waals surface area contributed by atoms with Crippen LogP contribution in [-0.2, 0) is 24.0 Å². The molecule has 0 radical (unpaired) electrons. The molecule has 11 heteroatoms. The van der Waals surface area contributed by atoms with Gasteiger partial charge in [0.25, 0.3) is 0 Å². The Morgan fingerprint density at radius 3 is 1.80 bits per heavy atom. The highest BCUT2D eigenvalue weighted by Crippen LogP contribution is 2.43. The van der Waals surface area contributed by atoms with Crippen molar-refractivity contribution in [3.05, 3.63) is 0 Å². The summed E-state index contributed by atoms with van der Waals surface area (Å²) in [5.74, 6) is 0. The Hall–Kier alpha value is -1.37. The summed E-state index contributed by atoms with van der Waals surface area (Å²) >= 11 is 2.21. The van der Waals surface area contributed by atoms with Crippen molar-refractivity contribution >= 4 is 45.7 Å². The zero-order valence-corrected chi connectivity index (χ0v) is 14.2. The summed E-state index contributed by atoms with van der Waals surface area (Å²) in [6.07, 6.45) is -18.1. The lowest BCUT2D eigenvalue weighted by atomic mass is 9.64. The maximum atomic E-state index is 12.0. The van der Waals surface area contributed by atoms with Gasteiger partial charge in [-0.2, -0.15) is 0 Å². The lowest BCUT2D eigenvalue weighted by molar-refractivity contribution is -0.273. The summed E-state index contributed by atoms with van der Waals surface area (Å²) in [7, 11) is 0. The van der Waals surface area contributed by atoms with E-state index in [4.69, 9.17) is 5.48 Å². The van der Waals surface area contributed by atoms with E-state index in [0.717, 1.165) is 0 Å². The van der Waals surface area contributed by atoms with Crippen LogP contribution in [0.25, 0.3) is 0 Å². The highest BCUT2D eigenvalue weighted by Gasteiger charge is 2.67. The molecular weight excluding hydrogens is 408 g/mol. The zero-order valence-electron chi connectivity index (χ0n) is 16.6. The van der Waals surface area contributed by atoms with Gasteiger partial charge in [0.1, 0.15) is 47.8 Å². The van der Waals surface area contributed by atoms with Crippen molar-refractivity contribution in [3.8, 4) is 0 Å². The molecule has 0 amide bonds. The second-order valence-corrected chi connectivity index (χ2v) is 5.96. The summed E-state index contributed by atoms with van der Waals surface area (Å²) in [6.45, 7) is 0. The molecule has 0 spiro atoms. The molecule has 0 aromatic heterocycles. The van der Waals surface area contributed by atoms with Crippen LogP contribution in [-0.4, -0.2) is 84.3 Å². The maximum Gasteiger partial charge on any atom is 0.232 e. The van der Waals surface area contributed by atoms with Crippen LogP contribution in [0.2, 0.25) is 0 Å². The van der Waals surface area contributed by atoms with Crippen molar-refractivity contribution < 1.29 is 55.0 Å². The van der Waals surface area contributed by atoms with Crippen LogP contribution >= 0.6 is 15.9 Å². The SMILES string of the molecule is [2H]C(=O)CC(O)[C@@H](O)[C@@](O)(CC([2H])=O)[C@@](O)(CC([2H])=O)[C@](O)(CC([2H])=O)C(=O)Br. The molecule has 5 N–H and O–H groups in total. The van der Waals surface area contributed by atoms with Crippen LogP contribution in [0.3, 0.4) is 0 Å². The van der Waals surface area contributed by atoms with E-state index in [2.05, 4.69) is 15.9 Å². The number of aldehydes is 4. The Labute approximate surface area is 156 Å². The van der Waals surface area contributed by atoms with Crippen LogP contribution in [0, 0.1) is 0 Å². The molecule has 5 atom stereocenters. The maximum absolute atomic E-state index is 12.0. The van der Waals surface area contributed by atoms with Crippen molar-refractivity contribution in [1.29, 1.82) is 0 Å². The average molecular weight is 431 g/mol. The minimum atomic E-state index is -3.78. The highest BCUT2D eigenvalue weighted by molar-refractivity contribution is 9.18. The Morgan fingerprint density at radius 2 is 1.44 bits per heavy atom. The van der Waals surface area contributed by atoms with Gasteiger partial charge in [0.05, 0.1) is 6.10 Å². The van der Waals surface area contributed by atoms with E-state index in [9.17, 15) is 49.5 Å². The minimum Gasteiger partial charge on any atom is -0.390 e. The fourth-order valence-electron chi connectivity index (χ4n) is 2.37. The number of hydrogen-bond acceptors (Lipinski definition) is 10. The summed E-state index contributed by atoms with van der Waals surface area (Å²) in [4.78, 5) is 56.8. The van der Waals surface area contributed by atoms with Gasteiger partial charge < -0.3 is 44.7 Å². The van der Waals surface area contributed by atoms with E-state index in [1.54, 1.807) is 0 Å². The smallest absolute Gasteiger partial charge is 0.232 e. The van der Waals surface area contributed by atoms with Crippen LogP contribution in [0.5, 0.6) is 0 Å². The molecule has 0 aliphatic rings. The summed E-state index contributed by atoms with van der Waals surface area (Å²) in [6, 6.07) is 0. The molecule has 1 unspecified atom stereocenters. The van der Waals surface area contributed by atoms with Crippen LogP contribution < -0.4 is 0 Å². The highest BCUT2D eigenvalue weighted by atomic mass is 79.9. The Morgan fingerprint density at radius 1 is 0.960 bits per heavy atom. The molecule has 0 aromatic rings. The lowest BCUT2D eigenvalue weighted by Gasteiger charge is -2.51. The molecule has 0 saturated carbocycles. The largest absolute Gasteiger partial charge is 0.390 e. The van der Waals surface area contributed by atoms with Crippen molar-refractivity contribution in [2.24, 2.45) is 0 Å². The van der Waals surface area contributed by atoms with Gasteiger partial charge in [-0.15, -0.1) is 0 Å². The summed E-state index contributed by atoms with van der Waals surface area (Å²) in [5, 5.41) is 52.7. The van der Waals surface area contributed by atoms with Crippen LogP contribution in [0.15, 0.2) is 0 Å². The van der Waals surface area contributed by atoms with Crippen molar-refractivity contribution in [2.45, 2.75) is 54.7 Å². The van der Waals surface area contributed by atoms with Gasteiger partial charge >= 0.3 is 0 Å². The van der Waals surface area contributed by atoms with E-state index in [1.165, 1.54) is 0 Å². The third-order valence-electron chi connectivity index (χ3n) is 3.87. The monoisotopic (exact) mass is 430 g/mol. The predicted octanol–water partition coefficient (Wildman–Crippen LogP) is -2.82. The first-order valence-corrected chi connectivity index (χ1v) is 7.44. The van der Waals surface area contributed by atoms with E-state index < -0.39 is 84.4 Å². The molecule has 0 rings (SSSR count). The molecule has 25 heavy (non-hydrogen) atoms. The molecule has 142 valence electrons. The molecule has 0 aromatic carbocycles. The molecule has 10 nitrogen and oxygen atoms in total. The quantitative estimate of drug-likeness (QED) is 0.150. The van der Waals surface area contributed by atoms with Gasteiger partial charge in [-0.25, -0.2) is 0 Å². The van der Waals surface area contributed by atoms with Gasteiger partial charge in [0, 0.05) is 25.7 Å². The average Bonchev–Trinajstić information content (AvgIpc) is 2.50. The predicted molar refractivity (Wildman–Crippen MR) is 83.5 cm³/mol. The summed E-state index contributed by atoms with van der Waals surface area (Å²) < 4.78 is 26.0. The molecule has 0 saturated heterocycles. The number of aliphatic hydroxyl groups is 5. The number of rotatable bonds is 13. The molecular formula is C14H19BrO10. The normalized spacial score (nSPS) is 23.1. The molecule has 0 fully saturated rings. The van der Waals surface area contributed by atoms with Gasteiger partial charge in [-0.1, -0.05) is 0 Å². The number of carbonyl (C=O) groups is 5. The van der Waals surface area contributed by atoms with Crippen molar-refractivity contribution in [3.63, 3.8) is 0 Å². The lowest BCUT2D eigenvalue weighted by Crippen LogP contribution is -2.75. The molecule has 0 aliphatic carbocycles. The number of carbonyl (C=O) groups excluding carboxylic acids is 5. The Bertz CT molecular complexity index is 706. The second-order valence-electron chi connectivity index (χ2n) is 5.24. The zero-order chi connectivity index (χ0) is 23.4. The number of halogens is 1. The Kier molecular flexibility index (Phi) is 6.39. The first-order valence-electron chi connectivity index (χ1n) is 8.65. The second kappa shape index (κ2) is 9.36. The van der Waals surface area contributed by atoms with Crippen molar-refractivity contribution in [2.75, 3.05) is 0 Å². The minimum absolute atomic E-state index is 1.18. The fourth-order valence-corrected chi connectivity index (χ4v) is 2.83. The van der Waals surface area contributed by atoms with Gasteiger partial charge in [-0.05, 0) is 15.9 Å². The molecule has 0 heterocycles. The number of aliphatic hydroxyl groups excluding tert-OH is 2. The first-order chi connectivity index (χ1) is 12.9. The van der Waals surface area contributed by atoms with Crippen molar-refractivity contribution in [1.82, 2.24) is 0 Å². The van der Waals surface area contributed by atoms with E-state index >= 15 is 0 Å². The van der Waals surface area contributed by atoms with E-state index in [1.807, 2.05) is 0 Å². The first kappa shape index (κ1) is 17.1. The van der Waals surface area contributed by atoms with Crippen LogP contribution in [0.4, 0.5) is 0 Å². The van der Waals surface area contributed by atoms with E-state index in [-0.39, 0.29) is 0 Å². The third-order valence-corrected chi connectivity index (χ3v) is 4.53. The van der Waals surface area contributed by atoms with Gasteiger partial charge in [0.15, 0.2) is 5.60 Å². The molecule has 0 bridgehead atoms. The van der Waals surface area contributed by atoms with E-state index in [0.29, 0.717) is 0 Å². The molecule has 0 aliphatic heterocycles. The third kappa shape index (κ3) is 4.25. The van der Waals surface area contributed by atoms with Gasteiger partial charge in [0.2, 0.25) is 4.69 Å². The summed E-state index contributed by atoms with van der Waals surface area (Å²) in [5.41, 5.74) is -11.0. The van der Waals surface area contributed by atoms with Gasteiger partial charge in [-0.3, -0.25) is 4.79 Å². The Balaban J connectivity index is 6.94. The standard InChI is InChI=1S/C14H19BrO10/c15-11(22)13(24,3-7-18)14(25,4-8-19)12(23,2-6-17)10(21)9(20)1-5-16/h5-10,20-21,23-25H,1-4H2/t9?,10-,12+,13+,14+/m1/s1/i5D,6D,7D,8D. The topological polar surface area (TPSA) is 186 Å². The number of hydrogen-bond donors (Lipinski definition) is 5. The fraction of sp³-hybridized carbons (Fsp3) is 0.643.